The number of aldehydes is 1. The Bertz CT molecular complexity index is 540. The molecule has 0 atom stereocenters. The number of hydrogen-bond acceptors (Lipinski definition) is 3. The first-order valence-corrected chi connectivity index (χ1v) is 6.36. The molecule has 0 amide bonds. The van der Waals surface area contributed by atoms with Gasteiger partial charge in [0.15, 0.2) is 6.29 Å². The molecule has 0 fully saturated rings. The molecule has 1 heterocycles. The molecule has 1 aromatic heterocycles. The minimum absolute atomic E-state index is 0.608. The van der Waals surface area contributed by atoms with E-state index in [9.17, 15) is 4.79 Å². The van der Waals surface area contributed by atoms with E-state index in [1.54, 1.807) is 18.3 Å². The van der Waals surface area contributed by atoms with Gasteiger partial charge in [-0.05, 0) is 29.8 Å². The average molecular weight is 305 g/mol. The van der Waals surface area contributed by atoms with Crippen LogP contribution in [0, 0.1) is 0 Å². The molecule has 0 unspecified atom stereocenters. The van der Waals surface area contributed by atoms with Gasteiger partial charge in [0.1, 0.15) is 5.82 Å². The normalized spacial score (nSPS) is 10.1. The third-order valence-corrected chi connectivity index (χ3v) is 3.17. The van der Waals surface area contributed by atoms with Crippen molar-refractivity contribution in [3.8, 4) is 0 Å². The Hall–Kier alpha value is -1.68. The van der Waals surface area contributed by atoms with E-state index >= 15 is 0 Å². The van der Waals surface area contributed by atoms with Crippen LogP contribution in [-0.2, 0) is 6.54 Å². The van der Waals surface area contributed by atoms with E-state index < -0.39 is 0 Å². The number of carbonyl (C=O) groups is 1. The van der Waals surface area contributed by atoms with Crippen LogP contribution < -0.4 is 4.90 Å². The predicted octanol–water partition coefficient (Wildman–Crippen LogP) is 3.29. The smallest absolute Gasteiger partial charge is 0.153 e. The Kier molecular flexibility index (Phi) is 4.10. The monoisotopic (exact) mass is 304 g/mol. The first-order valence-electron chi connectivity index (χ1n) is 5.56. The minimum atomic E-state index is 0.608. The van der Waals surface area contributed by atoms with Gasteiger partial charge in [0.25, 0.3) is 0 Å². The van der Waals surface area contributed by atoms with E-state index in [2.05, 4.69) is 20.9 Å². The second-order valence-electron chi connectivity index (χ2n) is 4.02. The Morgan fingerprint density at radius 1 is 1.28 bits per heavy atom. The lowest BCUT2D eigenvalue weighted by molar-refractivity contribution is 0.112. The number of rotatable bonds is 4. The Morgan fingerprint density at radius 3 is 2.67 bits per heavy atom. The molecule has 2 rings (SSSR count). The lowest BCUT2D eigenvalue weighted by atomic mass is 10.2. The fourth-order valence-electron chi connectivity index (χ4n) is 1.76. The summed E-state index contributed by atoms with van der Waals surface area (Å²) in [5, 5.41) is 0. The van der Waals surface area contributed by atoms with E-state index in [1.165, 1.54) is 5.56 Å². The summed E-state index contributed by atoms with van der Waals surface area (Å²) in [6.45, 7) is 0.713. The first kappa shape index (κ1) is 12.8. The van der Waals surface area contributed by atoms with Gasteiger partial charge in [0, 0.05) is 24.3 Å². The molecule has 0 aliphatic carbocycles. The molecule has 92 valence electrons. The van der Waals surface area contributed by atoms with Gasteiger partial charge in [-0.2, -0.15) is 0 Å². The van der Waals surface area contributed by atoms with E-state index in [4.69, 9.17) is 0 Å². The second-order valence-corrected chi connectivity index (χ2v) is 4.93. The molecule has 0 aliphatic heterocycles. The Morgan fingerprint density at radius 2 is 2.00 bits per heavy atom. The van der Waals surface area contributed by atoms with Gasteiger partial charge in [-0.3, -0.25) is 4.79 Å². The Labute approximate surface area is 115 Å². The van der Waals surface area contributed by atoms with Crippen molar-refractivity contribution < 1.29 is 4.79 Å². The van der Waals surface area contributed by atoms with Crippen LogP contribution in [0.2, 0.25) is 0 Å². The Balaban J connectivity index is 2.19. The van der Waals surface area contributed by atoms with Crippen molar-refractivity contribution in [1.29, 1.82) is 0 Å². The van der Waals surface area contributed by atoms with Crippen LogP contribution in [-0.4, -0.2) is 18.3 Å². The number of nitrogens with zero attached hydrogens (tertiary/aromatic N) is 2. The largest absolute Gasteiger partial charge is 0.355 e. The van der Waals surface area contributed by atoms with Gasteiger partial charge < -0.3 is 4.90 Å². The highest BCUT2D eigenvalue weighted by Crippen LogP contribution is 2.17. The van der Waals surface area contributed by atoms with Crippen LogP contribution in [0.1, 0.15) is 15.9 Å². The maximum atomic E-state index is 11.0. The molecule has 3 nitrogen and oxygen atoms in total. The highest BCUT2D eigenvalue weighted by molar-refractivity contribution is 9.10. The van der Waals surface area contributed by atoms with E-state index in [1.807, 2.05) is 36.2 Å². The fraction of sp³-hybridized carbons (Fsp3) is 0.143. The summed E-state index contributed by atoms with van der Waals surface area (Å²) in [6, 6.07) is 11.6. The SMILES string of the molecule is CN(Cc1ccc(Br)cc1)c1ncccc1C=O. The molecule has 0 N–H and O–H groups in total. The summed E-state index contributed by atoms with van der Waals surface area (Å²) >= 11 is 3.41. The second kappa shape index (κ2) is 5.78. The number of pyridine rings is 1. The van der Waals surface area contributed by atoms with Crippen molar-refractivity contribution in [1.82, 2.24) is 4.98 Å². The minimum Gasteiger partial charge on any atom is -0.355 e. The van der Waals surface area contributed by atoms with Crippen LogP contribution in [0.3, 0.4) is 0 Å². The van der Waals surface area contributed by atoms with E-state index in [0.717, 1.165) is 10.8 Å². The molecule has 1 aromatic carbocycles. The number of hydrogen-bond donors (Lipinski definition) is 0. The van der Waals surface area contributed by atoms with Crippen LogP contribution in [0.15, 0.2) is 47.1 Å². The zero-order valence-electron chi connectivity index (χ0n) is 10.0. The molecule has 0 aliphatic rings. The van der Waals surface area contributed by atoms with Crippen LogP contribution >= 0.6 is 15.9 Å². The van der Waals surface area contributed by atoms with Crippen molar-refractivity contribution in [3.63, 3.8) is 0 Å². The molecule has 4 heteroatoms. The predicted molar refractivity (Wildman–Crippen MR) is 75.9 cm³/mol. The van der Waals surface area contributed by atoms with Crippen LogP contribution in [0.4, 0.5) is 5.82 Å². The van der Waals surface area contributed by atoms with E-state index in [0.29, 0.717) is 17.9 Å². The average Bonchev–Trinajstić information content (AvgIpc) is 2.41. The van der Waals surface area contributed by atoms with Gasteiger partial charge >= 0.3 is 0 Å². The summed E-state index contributed by atoms with van der Waals surface area (Å²) in [7, 11) is 1.93. The van der Waals surface area contributed by atoms with Crippen molar-refractivity contribution in [2.45, 2.75) is 6.54 Å². The number of halogens is 1. The van der Waals surface area contributed by atoms with Crippen molar-refractivity contribution in [2.24, 2.45) is 0 Å². The van der Waals surface area contributed by atoms with Gasteiger partial charge in [0.05, 0.1) is 5.56 Å². The zero-order valence-corrected chi connectivity index (χ0v) is 11.6. The molecule has 2 aromatic rings. The molecule has 0 spiro atoms. The number of aromatic nitrogens is 1. The van der Waals surface area contributed by atoms with Crippen molar-refractivity contribution >= 4 is 28.0 Å². The third kappa shape index (κ3) is 2.96. The van der Waals surface area contributed by atoms with Gasteiger partial charge in [-0.25, -0.2) is 4.98 Å². The molecular formula is C14H13BrN2O. The van der Waals surface area contributed by atoms with Crippen LogP contribution in [0.25, 0.3) is 0 Å². The molecule has 0 radical (unpaired) electrons. The topological polar surface area (TPSA) is 33.2 Å². The number of anilines is 1. The van der Waals surface area contributed by atoms with Crippen LogP contribution in [0.5, 0.6) is 0 Å². The summed E-state index contributed by atoms with van der Waals surface area (Å²) in [5.74, 6) is 0.704. The summed E-state index contributed by atoms with van der Waals surface area (Å²) in [4.78, 5) is 17.2. The summed E-state index contributed by atoms with van der Waals surface area (Å²) in [5.41, 5.74) is 1.78. The highest BCUT2D eigenvalue weighted by Gasteiger charge is 2.08. The maximum Gasteiger partial charge on any atom is 0.153 e. The summed E-state index contributed by atoms with van der Waals surface area (Å²) in [6.07, 6.45) is 2.53. The van der Waals surface area contributed by atoms with Crippen molar-refractivity contribution in [2.75, 3.05) is 11.9 Å². The molecule has 0 bridgehead atoms. The fourth-order valence-corrected chi connectivity index (χ4v) is 2.02. The quantitative estimate of drug-likeness (QED) is 0.813. The van der Waals surface area contributed by atoms with E-state index in [-0.39, 0.29) is 0 Å². The molecular weight excluding hydrogens is 292 g/mol. The lowest BCUT2D eigenvalue weighted by Crippen LogP contribution is -2.19. The standard InChI is InChI=1S/C14H13BrN2O/c1-17(9-11-4-6-13(15)7-5-11)14-12(10-18)3-2-8-16-14/h2-8,10H,9H2,1H3. The molecule has 0 saturated heterocycles. The maximum absolute atomic E-state index is 11.0. The zero-order chi connectivity index (χ0) is 13.0. The van der Waals surface area contributed by atoms with Gasteiger partial charge in [-0.15, -0.1) is 0 Å². The van der Waals surface area contributed by atoms with Gasteiger partial charge in [0.2, 0.25) is 0 Å². The molecule has 18 heavy (non-hydrogen) atoms. The summed E-state index contributed by atoms with van der Waals surface area (Å²) < 4.78 is 1.06. The van der Waals surface area contributed by atoms with Crippen molar-refractivity contribution in [3.05, 3.63) is 58.2 Å². The first-order chi connectivity index (χ1) is 8.70. The lowest BCUT2D eigenvalue weighted by Gasteiger charge is -2.19. The van der Waals surface area contributed by atoms with Gasteiger partial charge in [-0.1, -0.05) is 28.1 Å². The third-order valence-electron chi connectivity index (χ3n) is 2.64. The molecule has 0 saturated carbocycles. The highest BCUT2D eigenvalue weighted by atomic mass is 79.9. The number of benzene rings is 1. The number of carbonyl (C=O) groups excluding carboxylic acids is 1.